The number of hydrogen-bond acceptors (Lipinski definition) is 4. The van der Waals surface area contributed by atoms with Crippen molar-refractivity contribution in [3.63, 3.8) is 0 Å². The van der Waals surface area contributed by atoms with Gasteiger partial charge in [0.15, 0.2) is 5.01 Å². The molecule has 0 saturated carbocycles. The molecule has 5 heteroatoms. The van der Waals surface area contributed by atoms with Crippen LogP contribution < -0.4 is 10.9 Å². The van der Waals surface area contributed by atoms with E-state index in [1.54, 1.807) is 13.2 Å². The van der Waals surface area contributed by atoms with Crippen molar-refractivity contribution in [3.8, 4) is 10.4 Å². The van der Waals surface area contributed by atoms with Gasteiger partial charge in [-0.05, 0) is 5.56 Å². The maximum Gasteiger partial charge on any atom is 0.294 e. The van der Waals surface area contributed by atoms with Crippen LogP contribution in [0, 0.1) is 0 Å². The van der Waals surface area contributed by atoms with Crippen molar-refractivity contribution >= 4 is 17.2 Å². The van der Waals surface area contributed by atoms with Gasteiger partial charge in [0.2, 0.25) is 0 Å². The highest BCUT2D eigenvalue weighted by Crippen LogP contribution is 2.25. The van der Waals surface area contributed by atoms with E-state index in [4.69, 9.17) is 0 Å². The van der Waals surface area contributed by atoms with Gasteiger partial charge in [0.25, 0.3) is 5.91 Å². The Balaban J connectivity index is 2.23. The topological polar surface area (TPSA) is 54.0 Å². The molecule has 1 heterocycles. The normalized spacial score (nSPS) is 10.1. The third-order valence-electron chi connectivity index (χ3n) is 2.00. The molecule has 4 nitrogen and oxygen atoms in total. The standard InChI is InChI=1S/C11H11N3OS/c1-12-14-10(15)11-13-7-9(16-11)8-5-3-2-4-6-8/h2-7,12H,1H3,(H,14,15). The Bertz CT molecular complexity index is 481. The van der Waals surface area contributed by atoms with Gasteiger partial charge in [0, 0.05) is 13.2 Å². The lowest BCUT2D eigenvalue weighted by molar-refractivity contribution is 0.0937. The SMILES string of the molecule is CNNC(=O)c1ncc(-c2ccccc2)s1. The number of hydrogen-bond donors (Lipinski definition) is 2. The van der Waals surface area contributed by atoms with Crippen molar-refractivity contribution < 1.29 is 4.79 Å². The van der Waals surface area contributed by atoms with E-state index in [0.717, 1.165) is 10.4 Å². The number of nitrogens with one attached hydrogen (secondary N) is 2. The molecule has 0 aliphatic heterocycles. The highest BCUT2D eigenvalue weighted by molar-refractivity contribution is 7.16. The number of carbonyl (C=O) groups is 1. The summed E-state index contributed by atoms with van der Waals surface area (Å²) in [5, 5.41) is 0.452. The minimum absolute atomic E-state index is 0.213. The summed E-state index contributed by atoms with van der Waals surface area (Å²) in [4.78, 5) is 16.5. The zero-order valence-corrected chi connectivity index (χ0v) is 9.54. The zero-order valence-electron chi connectivity index (χ0n) is 8.73. The summed E-state index contributed by atoms with van der Waals surface area (Å²) in [6.07, 6.45) is 1.71. The fourth-order valence-corrected chi connectivity index (χ4v) is 2.10. The van der Waals surface area contributed by atoms with Crippen molar-refractivity contribution in [3.05, 3.63) is 41.5 Å². The maximum absolute atomic E-state index is 11.5. The molecule has 16 heavy (non-hydrogen) atoms. The van der Waals surface area contributed by atoms with E-state index in [9.17, 15) is 4.79 Å². The van der Waals surface area contributed by atoms with Crippen LogP contribution in [0.3, 0.4) is 0 Å². The molecule has 0 saturated heterocycles. The lowest BCUT2D eigenvalue weighted by atomic mass is 10.2. The third-order valence-corrected chi connectivity index (χ3v) is 3.04. The summed E-state index contributed by atoms with van der Waals surface area (Å²) in [6, 6.07) is 9.87. The Morgan fingerprint density at radius 1 is 1.31 bits per heavy atom. The predicted octanol–water partition coefficient (Wildman–Crippen LogP) is 1.67. The number of hydrazine groups is 1. The molecule has 0 unspecified atom stereocenters. The van der Waals surface area contributed by atoms with Gasteiger partial charge in [-0.2, -0.15) is 0 Å². The van der Waals surface area contributed by atoms with Crippen molar-refractivity contribution in [2.45, 2.75) is 0 Å². The van der Waals surface area contributed by atoms with Gasteiger partial charge in [-0.3, -0.25) is 10.2 Å². The first-order chi connectivity index (χ1) is 7.81. The molecule has 2 aromatic rings. The van der Waals surface area contributed by atoms with Gasteiger partial charge >= 0.3 is 0 Å². The molecule has 1 aromatic heterocycles. The van der Waals surface area contributed by atoms with Crippen molar-refractivity contribution in [1.82, 2.24) is 15.8 Å². The summed E-state index contributed by atoms with van der Waals surface area (Å²) < 4.78 is 0. The van der Waals surface area contributed by atoms with E-state index >= 15 is 0 Å². The summed E-state index contributed by atoms with van der Waals surface area (Å²) in [7, 11) is 1.64. The van der Waals surface area contributed by atoms with Gasteiger partial charge in [-0.15, -0.1) is 11.3 Å². The fraction of sp³-hybridized carbons (Fsp3) is 0.0909. The highest BCUT2D eigenvalue weighted by atomic mass is 32.1. The van der Waals surface area contributed by atoms with E-state index in [2.05, 4.69) is 15.8 Å². The van der Waals surface area contributed by atoms with Gasteiger partial charge in [0.05, 0.1) is 4.88 Å². The van der Waals surface area contributed by atoms with Crippen molar-refractivity contribution in [2.75, 3.05) is 7.05 Å². The van der Waals surface area contributed by atoms with Crippen LogP contribution >= 0.6 is 11.3 Å². The van der Waals surface area contributed by atoms with Gasteiger partial charge in [-0.1, -0.05) is 30.3 Å². The fourth-order valence-electron chi connectivity index (χ4n) is 1.28. The Kier molecular flexibility index (Phi) is 3.28. The van der Waals surface area contributed by atoms with Gasteiger partial charge in [0.1, 0.15) is 0 Å². The summed E-state index contributed by atoms with van der Waals surface area (Å²) in [5.41, 5.74) is 6.14. The number of carbonyl (C=O) groups excluding carboxylic acids is 1. The number of benzene rings is 1. The summed E-state index contributed by atoms with van der Waals surface area (Å²) in [5.74, 6) is -0.213. The summed E-state index contributed by atoms with van der Waals surface area (Å²) in [6.45, 7) is 0. The smallest absolute Gasteiger partial charge is 0.286 e. The highest BCUT2D eigenvalue weighted by Gasteiger charge is 2.10. The molecule has 0 bridgehead atoms. The molecule has 0 aliphatic rings. The molecule has 0 radical (unpaired) electrons. The van der Waals surface area contributed by atoms with Crippen LogP contribution in [0.1, 0.15) is 9.80 Å². The maximum atomic E-state index is 11.5. The molecule has 0 spiro atoms. The average molecular weight is 233 g/mol. The summed E-state index contributed by atoms with van der Waals surface area (Å²) >= 11 is 1.37. The lowest BCUT2D eigenvalue weighted by Crippen LogP contribution is -2.33. The van der Waals surface area contributed by atoms with Gasteiger partial charge in [-0.25, -0.2) is 10.4 Å². The van der Waals surface area contributed by atoms with Crippen LogP contribution in [0.2, 0.25) is 0 Å². The molecule has 1 aromatic carbocycles. The minimum Gasteiger partial charge on any atom is -0.286 e. The van der Waals surface area contributed by atoms with Gasteiger partial charge < -0.3 is 0 Å². The zero-order chi connectivity index (χ0) is 11.4. The van der Waals surface area contributed by atoms with E-state index in [0.29, 0.717) is 5.01 Å². The minimum atomic E-state index is -0.213. The van der Waals surface area contributed by atoms with E-state index in [-0.39, 0.29) is 5.91 Å². The average Bonchev–Trinajstić information content (AvgIpc) is 2.80. The number of rotatable bonds is 3. The predicted molar refractivity (Wildman–Crippen MR) is 64.1 cm³/mol. The second-order valence-electron chi connectivity index (χ2n) is 3.10. The Hall–Kier alpha value is -1.72. The van der Waals surface area contributed by atoms with E-state index < -0.39 is 0 Å². The molecule has 2 rings (SSSR count). The first kappa shape index (κ1) is 10.8. The Labute approximate surface area is 97.3 Å². The molecule has 0 aliphatic carbocycles. The van der Waals surface area contributed by atoms with Crippen LogP contribution in [-0.2, 0) is 0 Å². The van der Waals surface area contributed by atoms with Crippen molar-refractivity contribution in [2.24, 2.45) is 0 Å². The molecular formula is C11H11N3OS. The number of thiazole rings is 1. The monoisotopic (exact) mass is 233 g/mol. The molecule has 1 amide bonds. The number of nitrogens with zero attached hydrogens (tertiary/aromatic N) is 1. The second kappa shape index (κ2) is 4.87. The molecular weight excluding hydrogens is 222 g/mol. The van der Waals surface area contributed by atoms with Crippen LogP contribution in [0.5, 0.6) is 0 Å². The van der Waals surface area contributed by atoms with Crippen LogP contribution in [0.15, 0.2) is 36.5 Å². The lowest BCUT2D eigenvalue weighted by Gasteiger charge is -1.97. The Morgan fingerprint density at radius 3 is 2.75 bits per heavy atom. The van der Waals surface area contributed by atoms with Crippen LogP contribution in [0.4, 0.5) is 0 Å². The first-order valence-electron chi connectivity index (χ1n) is 4.79. The van der Waals surface area contributed by atoms with Crippen LogP contribution in [0.25, 0.3) is 10.4 Å². The van der Waals surface area contributed by atoms with E-state index in [1.807, 2.05) is 30.3 Å². The molecule has 2 N–H and O–H groups in total. The van der Waals surface area contributed by atoms with Crippen LogP contribution in [-0.4, -0.2) is 17.9 Å². The number of amides is 1. The largest absolute Gasteiger partial charge is 0.294 e. The second-order valence-corrected chi connectivity index (χ2v) is 4.13. The Morgan fingerprint density at radius 2 is 2.06 bits per heavy atom. The molecule has 0 atom stereocenters. The van der Waals surface area contributed by atoms with E-state index in [1.165, 1.54) is 11.3 Å². The third kappa shape index (κ3) is 2.26. The molecule has 82 valence electrons. The van der Waals surface area contributed by atoms with Crippen molar-refractivity contribution in [1.29, 1.82) is 0 Å². The quantitative estimate of drug-likeness (QED) is 0.793. The first-order valence-corrected chi connectivity index (χ1v) is 5.61. The number of aromatic nitrogens is 1. The molecule has 0 fully saturated rings.